The molecule has 1 nitrogen and oxygen atoms in total. The number of nitrogens with zero attached hydrogens (tertiary/aromatic N) is 1. The van der Waals surface area contributed by atoms with E-state index < -0.39 is 0 Å². The summed E-state index contributed by atoms with van der Waals surface area (Å²) in [6.45, 7) is 0. The topological polar surface area (TPSA) is 3.88 Å². The maximum Gasteiger partial charge on any atom is 0.220 e. The van der Waals surface area contributed by atoms with Crippen molar-refractivity contribution in [1.29, 1.82) is 0 Å². The Labute approximate surface area is 43.2 Å². The van der Waals surface area contributed by atoms with E-state index in [1.165, 1.54) is 0 Å². The van der Waals surface area contributed by atoms with Crippen molar-refractivity contribution >= 4 is 0 Å². The zero-order valence-electron chi connectivity index (χ0n) is 4.18. The molecule has 1 heterocycles. The van der Waals surface area contributed by atoms with Crippen molar-refractivity contribution in [3.8, 4) is 0 Å². The van der Waals surface area contributed by atoms with Crippen LogP contribution in [0.1, 0.15) is 0 Å². The van der Waals surface area contributed by atoms with E-state index in [1.54, 1.807) is 0 Å². The van der Waals surface area contributed by atoms with Gasteiger partial charge in [-0.2, -0.15) is 4.57 Å². The van der Waals surface area contributed by atoms with E-state index in [0.717, 1.165) is 0 Å². The highest BCUT2D eigenvalue weighted by Gasteiger charge is 1.76. The lowest BCUT2D eigenvalue weighted by atomic mass is 10.6. The van der Waals surface area contributed by atoms with Gasteiger partial charge in [-0.05, 0) is 6.07 Å². The van der Waals surface area contributed by atoms with E-state index in [0.29, 0.717) is 0 Å². The molecule has 1 aromatic heterocycles. The molecule has 0 amide bonds. The molecule has 0 unspecified atom stereocenters. The van der Waals surface area contributed by atoms with E-state index >= 15 is 0 Å². The van der Waals surface area contributed by atoms with Crippen molar-refractivity contribution in [1.82, 2.24) is 0 Å². The van der Waals surface area contributed by atoms with Crippen LogP contribution in [0.2, 0.25) is 0 Å². The summed E-state index contributed by atoms with van der Waals surface area (Å²) in [5.41, 5.74) is 0. The average Bonchev–Trinajstić information content (AvgIpc) is 1.69. The maximum absolute atomic E-state index is 2.80. The largest absolute Gasteiger partial charge is 0.220 e. The van der Waals surface area contributed by atoms with Crippen LogP contribution in [0.15, 0.2) is 18.5 Å². The van der Waals surface area contributed by atoms with Crippen molar-refractivity contribution in [2.24, 2.45) is 7.05 Å². The van der Waals surface area contributed by atoms with Gasteiger partial charge in [-0.3, -0.25) is 0 Å². The Morgan fingerprint density at radius 3 is 2.57 bits per heavy atom. The molecule has 1 rings (SSSR count). The third kappa shape index (κ3) is 0.902. The first-order chi connectivity index (χ1) is 3.39. The van der Waals surface area contributed by atoms with Gasteiger partial charge in [0.25, 0.3) is 0 Å². The molecule has 1 aromatic rings. The number of aryl methyl sites for hydroxylation is 1. The van der Waals surface area contributed by atoms with Crippen LogP contribution < -0.4 is 4.57 Å². The molecule has 0 aliphatic heterocycles. The van der Waals surface area contributed by atoms with Crippen LogP contribution in [0.25, 0.3) is 0 Å². The van der Waals surface area contributed by atoms with Gasteiger partial charge in [-0.15, -0.1) is 0 Å². The lowest BCUT2D eigenvalue weighted by molar-refractivity contribution is -0.671. The summed E-state index contributed by atoms with van der Waals surface area (Å²) in [7, 11) is 1.95. The standard InChI is InChI=1S/C6H6N/c1-7-5-3-2-4-6-7/h3,5-6H,1H3/q+1. The quantitative estimate of drug-likeness (QED) is 0.400. The first-order valence-electron chi connectivity index (χ1n) is 2.12. The number of aromatic nitrogens is 1. The van der Waals surface area contributed by atoms with Crippen LogP contribution in [0, 0.1) is 12.1 Å². The van der Waals surface area contributed by atoms with Crippen molar-refractivity contribution in [2.75, 3.05) is 0 Å². The summed E-state index contributed by atoms with van der Waals surface area (Å²) in [5, 5.41) is 0. The first-order valence-corrected chi connectivity index (χ1v) is 2.12. The number of hydrogen-bond acceptors (Lipinski definition) is 0. The second-order valence-corrected chi connectivity index (χ2v) is 1.40. The molecule has 0 spiro atoms. The SMILES string of the molecule is C[n+]1cc#ccc1. The normalized spacial score (nSPS) is 7.57. The zero-order chi connectivity index (χ0) is 5.11. The van der Waals surface area contributed by atoms with E-state index in [9.17, 15) is 0 Å². The van der Waals surface area contributed by atoms with E-state index in [4.69, 9.17) is 0 Å². The minimum absolute atomic E-state index is 1.82. The third-order valence-corrected chi connectivity index (χ3v) is 0.745. The van der Waals surface area contributed by atoms with Gasteiger partial charge in [0.2, 0.25) is 6.20 Å². The first kappa shape index (κ1) is 4.14. The monoisotopic (exact) mass is 92.0 g/mol. The summed E-state index contributed by atoms with van der Waals surface area (Å²) in [6.07, 6.45) is 3.73. The van der Waals surface area contributed by atoms with Crippen molar-refractivity contribution < 1.29 is 4.57 Å². The maximum atomic E-state index is 2.80. The Bertz CT molecular complexity index is 134. The molecule has 1 heteroatoms. The molecule has 0 N–H and O–H groups in total. The van der Waals surface area contributed by atoms with Gasteiger partial charge < -0.3 is 0 Å². The summed E-state index contributed by atoms with van der Waals surface area (Å²) >= 11 is 0. The second kappa shape index (κ2) is 1.61. The fourth-order valence-electron chi connectivity index (χ4n) is 0.385. The highest BCUT2D eigenvalue weighted by molar-refractivity contribution is 4.68. The average molecular weight is 92.1 g/mol. The molecule has 0 fully saturated rings. The third-order valence-electron chi connectivity index (χ3n) is 0.745. The molecule has 0 saturated carbocycles. The summed E-state index contributed by atoms with van der Waals surface area (Å²) in [4.78, 5) is 0. The number of hydrogen-bond donors (Lipinski definition) is 0. The molecule has 0 aliphatic carbocycles. The predicted octanol–water partition coefficient (Wildman–Crippen LogP) is 0.111. The van der Waals surface area contributed by atoms with Crippen molar-refractivity contribution in [3.05, 3.63) is 30.6 Å². The second-order valence-electron chi connectivity index (χ2n) is 1.40. The summed E-state index contributed by atoms with van der Waals surface area (Å²) < 4.78 is 1.91. The van der Waals surface area contributed by atoms with Gasteiger partial charge in [-0.1, -0.05) is 6.07 Å². The molecule has 0 aromatic carbocycles. The minimum Gasteiger partial charge on any atom is -0.200 e. The lowest BCUT2D eigenvalue weighted by Gasteiger charge is -1.72. The van der Waals surface area contributed by atoms with Crippen LogP contribution in [0.4, 0.5) is 0 Å². The van der Waals surface area contributed by atoms with Crippen LogP contribution >= 0.6 is 0 Å². The van der Waals surface area contributed by atoms with Gasteiger partial charge in [0.1, 0.15) is 7.05 Å². The Hall–Kier alpha value is -1.03. The Kier molecular flexibility index (Phi) is 0.953. The van der Waals surface area contributed by atoms with E-state index in [1.807, 2.05) is 30.1 Å². The molecule has 0 radical (unpaired) electrons. The Balaban J connectivity index is 3.02. The van der Waals surface area contributed by atoms with Crippen LogP contribution in [0.3, 0.4) is 0 Å². The fraction of sp³-hybridized carbons (Fsp3) is 0.167. The van der Waals surface area contributed by atoms with E-state index in [-0.39, 0.29) is 0 Å². The molecule has 0 atom stereocenters. The van der Waals surface area contributed by atoms with Crippen molar-refractivity contribution in [2.45, 2.75) is 0 Å². The van der Waals surface area contributed by atoms with Gasteiger partial charge in [0.05, 0.1) is 6.07 Å². The Morgan fingerprint density at radius 1 is 1.43 bits per heavy atom. The highest BCUT2D eigenvalue weighted by atomic mass is 14.9. The highest BCUT2D eigenvalue weighted by Crippen LogP contribution is 1.60. The minimum atomic E-state index is 1.82. The summed E-state index contributed by atoms with van der Waals surface area (Å²) in [5.74, 6) is 0. The van der Waals surface area contributed by atoms with Crippen LogP contribution in [0.5, 0.6) is 0 Å². The molecule has 7 heavy (non-hydrogen) atoms. The molecule has 0 saturated heterocycles. The van der Waals surface area contributed by atoms with Gasteiger partial charge in [-0.25, -0.2) is 0 Å². The fourth-order valence-corrected chi connectivity index (χ4v) is 0.385. The molecule has 34 valence electrons. The Morgan fingerprint density at radius 2 is 2.29 bits per heavy atom. The lowest BCUT2D eigenvalue weighted by Crippen LogP contribution is -2.24. The van der Waals surface area contributed by atoms with E-state index in [2.05, 4.69) is 12.1 Å². The molecule has 0 bridgehead atoms. The predicted molar refractivity (Wildman–Crippen MR) is 25.3 cm³/mol. The van der Waals surface area contributed by atoms with Crippen molar-refractivity contribution in [3.63, 3.8) is 0 Å². The van der Waals surface area contributed by atoms with Gasteiger partial charge in [0.15, 0.2) is 6.20 Å². The molecular formula is C6H6N+. The molecule has 0 aliphatic rings. The van der Waals surface area contributed by atoms with Crippen LogP contribution in [-0.2, 0) is 7.05 Å². The van der Waals surface area contributed by atoms with Crippen LogP contribution in [-0.4, -0.2) is 0 Å². The number of rotatable bonds is 0. The summed E-state index contributed by atoms with van der Waals surface area (Å²) in [6, 6.07) is 7.41. The zero-order valence-corrected chi connectivity index (χ0v) is 4.18. The van der Waals surface area contributed by atoms with Gasteiger partial charge in [0, 0.05) is 0 Å². The smallest absolute Gasteiger partial charge is 0.200 e. The van der Waals surface area contributed by atoms with Gasteiger partial charge >= 0.3 is 0 Å². The molecular weight excluding hydrogens is 86.1 g/mol.